The molecule has 0 spiro atoms. The monoisotopic (exact) mass is 358 g/mol. The fourth-order valence-corrected chi connectivity index (χ4v) is 3.06. The molecule has 0 aliphatic rings. The Hall–Kier alpha value is -0.723. The lowest BCUT2D eigenvalue weighted by molar-refractivity contribution is 0.0814. The van der Waals surface area contributed by atoms with E-state index in [0.717, 1.165) is 29.2 Å². The highest BCUT2D eigenvalue weighted by atomic mass is 79.9. The number of rotatable bonds is 5. The molecule has 3 nitrogen and oxygen atoms in total. The first-order valence-electron chi connectivity index (χ1n) is 6.68. The Balaban J connectivity index is 2.13. The van der Waals surface area contributed by atoms with E-state index in [2.05, 4.69) is 40.7 Å². The van der Waals surface area contributed by atoms with E-state index in [4.69, 9.17) is 4.74 Å². The van der Waals surface area contributed by atoms with E-state index >= 15 is 0 Å². The molecule has 1 aromatic heterocycles. The van der Waals surface area contributed by atoms with Gasteiger partial charge in [0.25, 0.3) is 0 Å². The van der Waals surface area contributed by atoms with Gasteiger partial charge in [0.2, 0.25) is 0 Å². The van der Waals surface area contributed by atoms with Crippen LogP contribution >= 0.6 is 15.9 Å². The van der Waals surface area contributed by atoms with Crippen molar-refractivity contribution < 1.29 is 9.13 Å². The van der Waals surface area contributed by atoms with Crippen molar-refractivity contribution in [2.24, 2.45) is 0 Å². The first-order chi connectivity index (χ1) is 9.28. The molecule has 6 heteroatoms. The maximum Gasteiger partial charge on any atom is 0.140 e. The summed E-state index contributed by atoms with van der Waals surface area (Å²) in [6.45, 7) is 9.97. The zero-order valence-corrected chi connectivity index (χ0v) is 14.9. The minimum absolute atomic E-state index is 0.277. The SMILES string of the molecule is Cc1nn(COCC[Si](C)(C)C)c2cc(F)c(Br)cc12. The van der Waals surface area contributed by atoms with E-state index in [1.54, 1.807) is 10.7 Å². The number of fused-ring (bicyclic) bond motifs is 1. The van der Waals surface area contributed by atoms with Crippen LogP contribution in [0.3, 0.4) is 0 Å². The summed E-state index contributed by atoms with van der Waals surface area (Å²) in [6, 6.07) is 4.39. The van der Waals surface area contributed by atoms with E-state index in [1.165, 1.54) is 6.07 Å². The minimum Gasteiger partial charge on any atom is -0.360 e. The number of ether oxygens (including phenoxy) is 1. The minimum atomic E-state index is -1.08. The third-order valence-corrected chi connectivity index (χ3v) is 5.50. The molecule has 2 rings (SSSR count). The van der Waals surface area contributed by atoms with Crippen molar-refractivity contribution >= 4 is 34.9 Å². The third-order valence-electron chi connectivity index (χ3n) is 3.19. The molecule has 0 saturated heterocycles. The molecule has 0 unspecified atom stereocenters. The molecule has 0 aliphatic heterocycles. The summed E-state index contributed by atoms with van der Waals surface area (Å²) in [7, 11) is -1.08. The Labute approximate surface area is 128 Å². The fraction of sp³-hybridized carbons (Fsp3) is 0.500. The summed E-state index contributed by atoms with van der Waals surface area (Å²) in [5.41, 5.74) is 1.66. The molecule has 0 aliphatic carbocycles. The molecule has 0 saturated carbocycles. The highest BCUT2D eigenvalue weighted by molar-refractivity contribution is 9.10. The van der Waals surface area contributed by atoms with Crippen LogP contribution in [0.1, 0.15) is 5.69 Å². The normalized spacial score (nSPS) is 12.3. The summed E-state index contributed by atoms with van der Waals surface area (Å²) in [6.07, 6.45) is 0. The second kappa shape index (κ2) is 5.95. The van der Waals surface area contributed by atoms with Crippen LogP contribution < -0.4 is 0 Å². The van der Waals surface area contributed by atoms with Crippen LogP contribution in [0.2, 0.25) is 25.7 Å². The van der Waals surface area contributed by atoms with E-state index in [1.807, 2.05) is 6.92 Å². The van der Waals surface area contributed by atoms with Gasteiger partial charge in [-0.15, -0.1) is 0 Å². The van der Waals surface area contributed by atoms with Gasteiger partial charge in [-0.1, -0.05) is 19.6 Å². The van der Waals surface area contributed by atoms with Gasteiger partial charge < -0.3 is 4.74 Å². The second-order valence-corrected chi connectivity index (χ2v) is 12.7. The highest BCUT2D eigenvalue weighted by Crippen LogP contribution is 2.25. The standard InChI is InChI=1S/C14H20BrFN2OSi/c1-10-11-7-12(15)13(16)8-14(11)18(17-10)9-19-5-6-20(2,3)4/h7-8H,5-6,9H2,1-4H3. The van der Waals surface area contributed by atoms with Gasteiger partial charge in [-0.25, -0.2) is 9.07 Å². The van der Waals surface area contributed by atoms with Crippen molar-refractivity contribution in [1.29, 1.82) is 0 Å². The number of hydrogen-bond donors (Lipinski definition) is 0. The summed E-state index contributed by atoms with van der Waals surface area (Å²) < 4.78 is 21.5. The Morgan fingerprint density at radius 3 is 2.70 bits per heavy atom. The predicted molar refractivity (Wildman–Crippen MR) is 86.2 cm³/mol. The Morgan fingerprint density at radius 2 is 2.05 bits per heavy atom. The predicted octanol–water partition coefficient (Wildman–Crippen LogP) is 4.56. The molecule has 0 bridgehead atoms. The molecule has 110 valence electrons. The third kappa shape index (κ3) is 3.68. The summed E-state index contributed by atoms with van der Waals surface area (Å²) in [5, 5.41) is 5.37. The Morgan fingerprint density at radius 1 is 1.35 bits per heavy atom. The number of halogens is 2. The molecule has 0 N–H and O–H groups in total. The Kier molecular flexibility index (Phi) is 4.66. The largest absolute Gasteiger partial charge is 0.360 e. The van der Waals surface area contributed by atoms with Crippen molar-refractivity contribution in [3.05, 3.63) is 28.1 Å². The van der Waals surface area contributed by atoms with Crippen LogP contribution in [0.15, 0.2) is 16.6 Å². The van der Waals surface area contributed by atoms with Gasteiger partial charge in [-0.05, 0) is 35.0 Å². The zero-order valence-electron chi connectivity index (χ0n) is 12.3. The van der Waals surface area contributed by atoms with E-state index in [9.17, 15) is 4.39 Å². The van der Waals surface area contributed by atoms with Crippen molar-refractivity contribution in [1.82, 2.24) is 9.78 Å². The van der Waals surface area contributed by atoms with Crippen LogP contribution in [0.25, 0.3) is 10.9 Å². The number of benzene rings is 1. The molecule has 0 radical (unpaired) electrons. The molecule has 1 heterocycles. The van der Waals surface area contributed by atoms with Gasteiger partial charge >= 0.3 is 0 Å². The van der Waals surface area contributed by atoms with Gasteiger partial charge in [0.15, 0.2) is 0 Å². The molecular weight excluding hydrogens is 339 g/mol. The fourth-order valence-electron chi connectivity index (χ4n) is 1.96. The molecule has 2 aromatic rings. The molecule has 0 atom stereocenters. The molecule has 1 aromatic carbocycles. The summed E-state index contributed by atoms with van der Waals surface area (Å²) >= 11 is 3.21. The van der Waals surface area contributed by atoms with E-state index < -0.39 is 8.07 Å². The highest BCUT2D eigenvalue weighted by Gasteiger charge is 2.13. The number of aryl methyl sites for hydroxylation is 1. The van der Waals surface area contributed by atoms with Crippen molar-refractivity contribution in [2.75, 3.05) is 6.61 Å². The smallest absolute Gasteiger partial charge is 0.140 e. The Bertz CT molecular complexity index is 622. The first kappa shape index (κ1) is 15.7. The van der Waals surface area contributed by atoms with Crippen molar-refractivity contribution in [3.8, 4) is 0 Å². The quantitative estimate of drug-likeness (QED) is 0.578. The lowest BCUT2D eigenvalue weighted by Gasteiger charge is -2.15. The van der Waals surface area contributed by atoms with E-state index in [-0.39, 0.29) is 5.82 Å². The zero-order chi connectivity index (χ0) is 14.9. The van der Waals surface area contributed by atoms with Crippen LogP contribution in [0, 0.1) is 12.7 Å². The average Bonchev–Trinajstić information content (AvgIpc) is 2.62. The van der Waals surface area contributed by atoms with Crippen LogP contribution in [-0.2, 0) is 11.5 Å². The van der Waals surface area contributed by atoms with Gasteiger partial charge in [0.1, 0.15) is 12.5 Å². The van der Waals surface area contributed by atoms with Crippen LogP contribution in [-0.4, -0.2) is 24.5 Å². The average molecular weight is 359 g/mol. The maximum absolute atomic E-state index is 13.7. The van der Waals surface area contributed by atoms with E-state index in [0.29, 0.717) is 11.2 Å². The van der Waals surface area contributed by atoms with Gasteiger partial charge in [-0.2, -0.15) is 5.10 Å². The van der Waals surface area contributed by atoms with Crippen LogP contribution in [0.4, 0.5) is 4.39 Å². The molecular formula is C14H20BrFN2OSi. The maximum atomic E-state index is 13.7. The number of hydrogen-bond acceptors (Lipinski definition) is 2. The van der Waals surface area contributed by atoms with Crippen LogP contribution in [0.5, 0.6) is 0 Å². The second-order valence-electron chi connectivity index (χ2n) is 6.22. The first-order valence-corrected chi connectivity index (χ1v) is 11.2. The summed E-state index contributed by atoms with van der Waals surface area (Å²) in [5.74, 6) is -0.277. The van der Waals surface area contributed by atoms with Gasteiger partial charge in [0.05, 0.1) is 15.7 Å². The molecule has 0 fully saturated rings. The molecule has 0 amide bonds. The lowest BCUT2D eigenvalue weighted by atomic mass is 10.2. The van der Waals surface area contributed by atoms with Crippen molar-refractivity contribution in [3.63, 3.8) is 0 Å². The number of nitrogens with zero attached hydrogens (tertiary/aromatic N) is 2. The van der Waals surface area contributed by atoms with Crippen molar-refractivity contribution in [2.45, 2.75) is 39.3 Å². The number of aromatic nitrogens is 2. The molecule has 20 heavy (non-hydrogen) atoms. The van der Waals surface area contributed by atoms with Gasteiger partial charge in [-0.3, -0.25) is 0 Å². The lowest BCUT2D eigenvalue weighted by Crippen LogP contribution is -2.22. The van der Waals surface area contributed by atoms with Gasteiger partial charge in [0, 0.05) is 26.1 Å². The topological polar surface area (TPSA) is 27.1 Å². The summed E-state index contributed by atoms with van der Waals surface area (Å²) in [4.78, 5) is 0.